The van der Waals surface area contributed by atoms with Crippen LogP contribution in [0.3, 0.4) is 0 Å². The van der Waals surface area contributed by atoms with Gasteiger partial charge in [-0.2, -0.15) is 0 Å². The quantitative estimate of drug-likeness (QED) is 0.753. The van der Waals surface area contributed by atoms with Crippen molar-refractivity contribution in [2.24, 2.45) is 5.73 Å². The molecule has 1 amide bonds. The number of hydrogen-bond donors (Lipinski definition) is 1. The first-order valence-electron chi connectivity index (χ1n) is 2.85. The lowest BCUT2D eigenvalue weighted by atomic mass is 10.2. The Labute approximate surface area is 91.8 Å². The number of rotatable bonds is 1. The van der Waals surface area contributed by atoms with Gasteiger partial charge in [0.25, 0.3) is 0 Å². The summed E-state index contributed by atoms with van der Waals surface area (Å²) in [6.45, 7) is 0. The van der Waals surface area contributed by atoms with Gasteiger partial charge in [-0.15, -0.1) is 0 Å². The molecular formula is C7H5I2NO. The van der Waals surface area contributed by atoms with Gasteiger partial charge in [0, 0.05) is 12.7 Å². The van der Waals surface area contributed by atoms with Gasteiger partial charge >= 0.3 is 0 Å². The van der Waals surface area contributed by atoms with Crippen LogP contribution in [-0.4, -0.2) is 5.91 Å². The minimum absolute atomic E-state index is 0.374. The second-order valence-corrected chi connectivity index (χ2v) is 4.51. The number of halogens is 2. The largest absolute Gasteiger partial charge is 0.366 e. The molecule has 1 aromatic rings. The number of primary amides is 1. The van der Waals surface area contributed by atoms with E-state index in [1.54, 1.807) is 12.1 Å². The summed E-state index contributed by atoms with van der Waals surface area (Å²) >= 11 is 4.30. The van der Waals surface area contributed by atoms with E-state index in [1.807, 2.05) is 6.07 Å². The summed E-state index contributed by atoms with van der Waals surface area (Å²) in [5, 5.41) is 0. The van der Waals surface area contributed by atoms with Crippen LogP contribution in [0.4, 0.5) is 0 Å². The third kappa shape index (κ3) is 2.58. The van der Waals surface area contributed by atoms with E-state index in [2.05, 4.69) is 45.2 Å². The first-order valence-corrected chi connectivity index (χ1v) is 5.01. The number of carbonyl (C=O) groups excluding carboxylic acids is 1. The molecule has 0 unspecified atom stereocenters. The molecule has 1 aromatic carbocycles. The van der Waals surface area contributed by atoms with Crippen LogP contribution in [0.25, 0.3) is 0 Å². The van der Waals surface area contributed by atoms with Gasteiger partial charge in [0.15, 0.2) is 0 Å². The summed E-state index contributed by atoms with van der Waals surface area (Å²) in [6, 6.07) is 5.52. The van der Waals surface area contributed by atoms with E-state index in [4.69, 9.17) is 5.73 Å². The lowest BCUT2D eigenvalue weighted by Crippen LogP contribution is -2.11. The molecule has 0 saturated heterocycles. The first-order chi connectivity index (χ1) is 5.09. The van der Waals surface area contributed by atoms with Crippen LogP contribution in [0.2, 0.25) is 0 Å². The van der Waals surface area contributed by atoms with E-state index in [-0.39, 0.29) is 5.91 Å². The maximum atomic E-state index is 10.7. The van der Waals surface area contributed by atoms with Gasteiger partial charge in [0.2, 0.25) is 5.91 Å². The number of benzene rings is 1. The lowest BCUT2D eigenvalue weighted by Gasteiger charge is -1.97. The van der Waals surface area contributed by atoms with E-state index >= 15 is 0 Å². The summed E-state index contributed by atoms with van der Waals surface area (Å²) in [5.41, 5.74) is 5.68. The standard InChI is InChI=1S/C7H5I2NO/c8-5-1-4(7(10)11)2-6(9)3-5/h1-3H,(H2,10,11). The van der Waals surface area contributed by atoms with Crippen LogP contribution >= 0.6 is 45.2 Å². The molecule has 4 heteroatoms. The molecule has 0 heterocycles. The molecule has 58 valence electrons. The van der Waals surface area contributed by atoms with Gasteiger partial charge in [-0.1, -0.05) is 0 Å². The molecule has 2 N–H and O–H groups in total. The molecular weight excluding hydrogens is 368 g/mol. The maximum Gasteiger partial charge on any atom is 0.248 e. The SMILES string of the molecule is NC(=O)c1cc(I)cc(I)c1. The second kappa shape index (κ2) is 3.70. The topological polar surface area (TPSA) is 43.1 Å². The summed E-state index contributed by atoms with van der Waals surface area (Å²) in [7, 11) is 0. The highest BCUT2D eigenvalue weighted by Gasteiger charge is 2.01. The maximum absolute atomic E-state index is 10.7. The van der Waals surface area contributed by atoms with Crippen LogP contribution < -0.4 is 5.73 Å². The minimum atomic E-state index is -0.374. The molecule has 0 aliphatic rings. The molecule has 0 atom stereocenters. The highest BCUT2D eigenvalue weighted by Crippen LogP contribution is 2.13. The van der Waals surface area contributed by atoms with Gasteiger partial charge in [-0.25, -0.2) is 0 Å². The van der Waals surface area contributed by atoms with E-state index < -0.39 is 0 Å². The number of amides is 1. The van der Waals surface area contributed by atoms with Crippen molar-refractivity contribution in [2.75, 3.05) is 0 Å². The van der Waals surface area contributed by atoms with Crippen LogP contribution in [0.15, 0.2) is 18.2 Å². The van der Waals surface area contributed by atoms with Crippen molar-refractivity contribution in [3.8, 4) is 0 Å². The zero-order chi connectivity index (χ0) is 8.43. The fourth-order valence-electron chi connectivity index (χ4n) is 0.696. The average molecular weight is 373 g/mol. The Balaban J connectivity index is 3.19. The highest BCUT2D eigenvalue weighted by atomic mass is 127. The molecule has 0 aliphatic carbocycles. The fourth-order valence-corrected chi connectivity index (χ4v) is 2.63. The second-order valence-electron chi connectivity index (χ2n) is 2.02. The Morgan fingerprint density at radius 2 is 1.64 bits per heavy atom. The molecule has 1 rings (SSSR count). The third-order valence-corrected chi connectivity index (χ3v) is 2.39. The van der Waals surface area contributed by atoms with Crippen LogP contribution in [0, 0.1) is 7.14 Å². The molecule has 0 bridgehead atoms. The van der Waals surface area contributed by atoms with Crippen LogP contribution in [0.5, 0.6) is 0 Å². The summed E-state index contributed by atoms with van der Waals surface area (Å²) in [4.78, 5) is 10.7. The first kappa shape index (κ1) is 9.24. The predicted octanol–water partition coefficient (Wildman–Crippen LogP) is 1.99. The zero-order valence-corrected chi connectivity index (χ0v) is 9.79. The summed E-state index contributed by atoms with van der Waals surface area (Å²) < 4.78 is 2.06. The minimum Gasteiger partial charge on any atom is -0.366 e. The normalized spacial score (nSPS) is 9.64. The van der Waals surface area contributed by atoms with Gasteiger partial charge < -0.3 is 5.73 Å². The Hall–Kier alpha value is 0.150. The molecule has 0 aromatic heterocycles. The predicted molar refractivity (Wildman–Crippen MR) is 60.4 cm³/mol. The monoisotopic (exact) mass is 373 g/mol. The fraction of sp³-hybridized carbons (Fsp3) is 0. The lowest BCUT2D eigenvalue weighted by molar-refractivity contribution is 0.1000. The van der Waals surface area contributed by atoms with Crippen LogP contribution in [-0.2, 0) is 0 Å². The number of hydrogen-bond acceptors (Lipinski definition) is 1. The third-order valence-electron chi connectivity index (χ3n) is 1.15. The zero-order valence-electron chi connectivity index (χ0n) is 5.47. The molecule has 0 fully saturated rings. The summed E-state index contributed by atoms with van der Waals surface area (Å²) in [5.74, 6) is -0.374. The van der Waals surface area contributed by atoms with Crippen molar-refractivity contribution in [3.63, 3.8) is 0 Å². The van der Waals surface area contributed by atoms with Gasteiger partial charge in [-0.3, -0.25) is 4.79 Å². The molecule has 11 heavy (non-hydrogen) atoms. The van der Waals surface area contributed by atoms with Crippen molar-refractivity contribution in [1.29, 1.82) is 0 Å². The Morgan fingerprint density at radius 1 is 1.18 bits per heavy atom. The Kier molecular flexibility index (Phi) is 3.11. The van der Waals surface area contributed by atoms with Gasteiger partial charge in [0.1, 0.15) is 0 Å². The smallest absolute Gasteiger partial charge is 0.248 e. The van der Waals surface area contributed by atoms with Crippen molar-refractivity contribution in [1.82, 2.24) is 0 Å². The molecule has 0 spiro atoms. The average Bonchev–Trinajstić information content (AvgIpc) is 1.85. The van der Waals surface area contributed by atoms with Gasteiger partial charge in [0.05, 0.1) is 0 Å². The van der Waals surface area contributed by atoms with E-state index in [0.717, 1.165) is 7.14 Å². The van der Waals surface area contributed by atoms with Crippen molar-refractivity contribution in [2.45, 2.75) is 0 Å². The molecule has 0 radical (unpaired) electrons. The highest BCUT2D eigenvalue weighted by molar-refractivity contribution is 14.1. The summed E-state index contributed by atoms with van der Waals surface area (Å²) in [6.07, 6.45) is 0. The van der Waals surface area contributed by atoms with Crippen molar-refractivity contribution >= 4 is 51.1 Å². The Morgan fingerprint density at radius 3 is 2.00 bits per heavy atom. The molecule has 0 saturated carbocycles. The van der Waals surface area contributed by atoms with Crippen molar-refractivity contribution in [3.05, 3.63) is 30.9 Å². The van der Waals surface area contributed by atoms with E-state index in [1.165, 1.54) is 0 Å². The van der Waals surface area contributed by atoms with Gasteiger partial charge in [-0.05, 0) is 63.4 Å². The van der Waals surface area contributed by atoms with E-state index in [0.29, 0.717) is 5.56 Å². The van der Waals surface area contributed by atoms with Crippen molar-refractivity contribution < 1.29 is 4.79 Å². The Bertz CT molecular complexity index is 278. The molecule has 2 nitrogen and oxygen atoms in total. The molecule has 0 aliphatic heterocycles. The van der Waals surface area contributed by atoms with E-state index in [9.17, 15) is 4.79 Å². The number of carbonyl (C=O) groups is 1. The number of nitrogens with two attached hydrogens (primary N) is 1. The van der Waals surface area contributed by atoms with Crippen LogP contribution in [0.1, 0.15) is 10.4 Å².